The van der Waals surface area contributed by atoms with E-state index < -0.39 is 0 Å². The lowest BCUT2D eigenvalue weighted by atomic mass is 10.3. The van der Waals surface area contributed by atoms with Gasteiger partial charge in [-0.05, 0) is 31.7 Å². The molecule has 0 amide bonds. The van der Waals surface area contributed by atoms with E-state index in [1.54, 1.807) is 0 Å². The van der Waals surface area contributed by atoms with Gasteiger partial charge in [0.1, 0.15) is 5.82 Å². The fourth-order valence-electron chi connectivity index (χ4n) is 3.18. The van der Waals surface area contributed by atoms with Gasteiger partial charge >= 0.3 is 0 Å². The Morgan fingerprint density at radius 3 is 2.81 bits per heavy atom. The first-order valence-corrected chi connectivity index (χ1v) is 8.16. The van der Waals surface area contributed by atoms with Crippen LogP contribution in [0.3, 0.4) is 0 Å². The Morgan fingerprint density at radius 2 is 2.00 bits per heavy atom. The normalized spacial score (nSPS) is 19.4. The number of rotatable bonds is 6. The molecule has 0 bridgehead atoms. The fraction of sp³-hybridized carbons (Fsp3) is 0.625. The van der Waals surface area contributed by atoms with Crippen LogP contribution in [-0.2, 0) is 13.1 Å². The van der Waals surface area contributed by atoms with Gasteiger partial charge in [-0.2, -0.15) is 5.10 Å². The Bertz CT molecular complexity index is 589. The molecular weight excluding hydrogens is 262 g/mol. The molecule has 2 aliphatic carbocycles. The van der Waals surface area contributed by atoms with Crippen molar-refractivity contribution in [3.05, 3.63) is 36.2 Å². The fourth-order valence-corrected chi connectivity index (χ4v) is 3.18. The van der Waals surface area contributed by atoms with E-state index in [2.05, 4.69) is 38.0 Å². The second-order valence-corrected chi connectivity index (χ2v) is 6.35. The minimum atomic E-state index is 0.623. The molecule has 2 saturated carbocycles. The lowest BCUT2D eigenvalue weighted by Gasteiger charge is -2.09. The molecule has 0 saturated heterocycles. The minimum absolute atomic E-state index is 0.623. The largest absolute Gasteiger partial charge is 0.328 e. The zero-order valence-corrected chi connectivity index (χ0v) is 12.4. The van der Waals surface area contributed by atoms with Crippen LogP contribution >= 0.6 is 0 Å². The first-order chi connectivity index (χ1) is 10.4. The Kier molecular flexibility index (Phi) is 3.51. The van der Waals surface area contributed by atoms with Gasteiger partial charge in [-0.25, -0.2) is 4.98 Å². The first-order valence-electron chi connectivity index (χ1n) is 8.16. The standard InChI is InChI=1S/C16H23N5/c1-2-4-15(3-1)21-9-7-14(19-21)12-20-10-8-17-16(20)11-18-13-5-6-13/h7-10,13,15,18H,1-6,11-12H2. The molecule has 0 aliphatic heterocycles. The summed E-state index contributed by atoms with van der Waals surface area (Å²) in [5.41, 5.74) is 1.13. The molecule has 5 heteroatoms. The first kappa shape index (κ1) is 13.1. The van der Waals surface area contributed by atoms with E-state index in [1.807, 2.05) is 6.20 Å². The van der Waals surface area contributed by atoms with E-state index in [9.17, 15) is 0 Å². The van der Waals surface area contributed by atoms with E-state index in [0.717, 1.165) is 30.6 Å². The van der Waals surface area contributed by atoms with Crippen molar-refractivity contribution in [3.8, 4) is 0 Å². The molecule has 0 aromatic carbocycles. The molecule has 2 heterocycles. The SMILES string of the molecule is c1cn(Cc2ccn(C3CCCC3)n2)c(CNC2CC2)n1. The molecule has 2 aromatic rings. The maximum Gasteiger partial charge on any atom is 0.123 e. The highest BCUT2D eigenvalue weighted by atomic mass is 15.3. The van der Waals surface area contributed by atoms with Crippen LogP contribution in [0.4, 0.5) is 0 Å². The van der Waals surface area contributed by atoms with Crippen LogP contribution in [-0.4, -0.2) is 25.4 Å². The van der Waals surface area contributed by atoms with E-state index in [1.165, 1.54) is 38.5 Å². The van der Waals surface area contributed by atoms with Gasteiger partial charge in [-0.15, -0.1) is 0 Å². The van der Waals surface area contributed by atoms with Crippen LogP contribution < -0.4 is 5.32 Å². The molecule has 0 spiro atoms. The van der Waals surface area contributed by atoms with Crippen LogP contribution in [0.2, 0.25) is 0 Å². The van der Waals surface area contributed by atoms with Crippen LogP contribution in [0.25, 0.3) is 0 Å². The van der Waals surface area contributed by atoms with Gasteiger partial charge in [-0.3, -0.25) is 4.68 Å². The van der Waals surface area contributed by atoms with E-state index in [0.29, 0.717) is 6.04 Å². The van der Waals surface area contributed by atoms with Crippen LogP contribution in [0, 0.1) is 0 Å². The highest BCUT2D eigenvalue weighted by Crippen LogP contribution is 2.28. The number of nitrogens with one attached hydrogen (secondary N) is 1. The van der Waals surface area contributed by atoms with Gasteiger partial charge in [0, 0.05) is 24.6 Å². The summed E-state index contributed by atoms with van der Waals surface area (Å²) < 4.78 is 4.37. The third-order valence-electron chi connectivity index (χ3n) is 4.62. The second-order valence-electron chi connectivity index (χ2n) is 6.35. The molecule has 0 radical (unpaired) electrons. The molecule has 112 valence electrons. The quantitative estimate of drug-likeness (QED) is 0.887. The maximum atomic E-state index is 4.76. The average Bonchev–Trinajstić information content (AvgIpc) is 2.93. The third kappa shape index (κ3) is 3.02. The van der Waals surface area contributed by atoms with E-state index in [4.69, 9.17) is 5.10 Å². The van der Waals surface area contributed by atoms with Gasteiger partial charge in [0.25, 0.3) is 0 Å². The monoisotopic (exact) mass is 285 g/mol. The van der Waals surface area contributed by atoms with Crippen molar-refractivity contribution in [2.24, 2.45) is 0 Å². The molecule has 0 atom stereocenters. The maximum absolute atomic E-state index is 4.76. The summed E-state index contributed by atoms with van der Waals surface area (Å²) in [4.78, 5) is 4.46. The Morgan fingerprint density at radius 1 is 1.14 bits per heavy atom. The topological polar surface area (TPSA) is 47.7 Å². The lowest BCUT2D eigenvalue weighted by molar-refractivity contribution is 0.461. The predicted molar refractivity (Wildman–Crippen MR) is 80.9 cm³/mol. The number of hydrogen-bond donors (Lipinski definition) is 1. The molecule has 2 aromatic heterocycles. The van der Waals surface area contributed by atoms with Gasteiger partial charge in [0.2, 0.25) is 0 Å². The van der Waals surface area contributed by atoms with Gasteiger partial charge < -0.3 is 9.88 Å². The molecule has 4 rings (SSSR count). The predicted octanol–water partition coefficient (Wildman–Crippen LogP) is 2.50. The minimum Gasteiger partial charge on any atom is -0.328 e. The molecule has 2 aliphatic rings. The number of hydrogen-bond acceptors (Lipinski definition) is 3. The summed E-state index contributed by atoms with van der Waals surface area (Å²) >= 11 is 0. The smallest absolute Gasteiger partial charge is 0.123 e. The van der Waals surface area contributed by atoms with Crippen molar-refractivity contribution in [1.29, 1.82) is 0 Å². The van der Waals surface area contributed by atoms with Crippen molar-refractivity contribution >= 4 is 0 Å². The molecule has 0 unspecified atom stereocenters. The zero-order chi connectivity index (χ0) is 14.1. The van der Waals surface area contributed by atoms with Crippen molar-refractivity contribution in [1.82, 2.24) is 24.6 Å². The van der Waals surface area contributed by atoms with E-state index in [-0.39, 0.29) is 0 Å². The Balaban J connectivity index is 1.41. The van der Waals surface area contributed by atoms with E-state index >= 15 is 0 Å². The molecule has 1 N–H and O–H groups in total. The van der Waals surface area contributed by atoms with Crippen LogP contribution in [0.1, 0.15) is 56.1 Å². The zero-order valence-electron chi connectivity index (χ0n) is 12.4. The second kappa shape index (κ2) is 5.64. The average molecular weight is 285 g/mol. The summed E-state index contributed by atoms with van der Waals surface area (Å²) in [6.45, 7) is 1.68. The van der Waals surface area contributed by atoms with Gasteiger partial charge in [0.15, 0.2) is 0 Å². The molecule has 21 heavy (non-hydrogen) atoms. The summed E-state index contributed by atoms with van der Waals surface area (Å²) in [5.74, 6) is 1.11. The molecular formula is C16H23N5. The number of imidazole rings is 1. The Labute approximate surface area is 125 Å². The van der Waals surface area contributed by atoms with Crippen LogP contribution in [0.5, 0.6) is 0 Å². The number of aromatic nitrogens is 4. The van der Waals surface area contributed by atoms with Crippen molar-refractivity contribution < 1.29 is 0 Å². The summed E-state index contributed by atoms with van der Waals surface area (Å²) in [5, 5.41) is 8.29. The third-order valence-corrected chi connectivity index (χ3v) is 4.62. The van der Waals surface area contributed by atoms with Crippen LogP contribution in [0.15, 0.2) is 24.7 Å². The summed E-state index contributed by atoms with van der Waals surface area (Å²) in [6, 6.07) is 3.49. The summed E-state index contributed by atoms with van der Waals surface area (Å²) in [7, 11) is 0. The van der Waals surface area contributed by atoms with Gasteiger partial charge in [-0.1, -0.05) is 12.8 Å². The summed E-state index contributed by atoms with van der Waals surface area (Å²) in [6.07, 6.45) is 14.0. The lowest BCUT2D eigenvalue weighted by Crippen LogP contribution is -2.19. The highest BCUT2D eigenvalue weighted by molar-refractivity contribution is 5.04. The van der Waals surface area contributed by atoms with Gasteiger partial charge in [0.05, 0.1) is 24.8 Å². The molecule has 5 nitrogen and oxygen atoms in total. The van der Waals surface area contributed by atoms with Crippen molar-refractivity contribution in [2.75, 3.05) is 0 Å². The Hall–Kier alpha value is -1.62. The number of nitrogens with zero attached hydrogens (tertiary/aromatic N) is 4. The van der Waals surface area contributed by atoms with Crippen molar-refractivity contribution in [2.45, 2.75) is 63.7 Å². The molecule has 2 fully saturated rings. The van der Waals surface area contributed by atoms with Crippen molar-refractivity contribution in [3.63, 3.8) is 0 Å². The highest BCUT2D eigenvalue weighted by Gasteiger charge is 2.21.